The van der Waals surface area contributed by atoms with E-state index < -0.39 is 0 Å². The Kier molecular flexibility index (Phi) is 4.07. The number of hydrogen-bond donors (Lipinski definition) is 2. The van der Waals surface area contributed by atoms with Gasteiger partial charge in [0.15, 0.2) is 0 Å². The molecule has 0 aliphatic carbocycles. The van der Waals surface area contributed by atoms with Crippen LogP contribution in [-0.4, -0.2) is 5.91 Å². The Bertz CT molecular complexity index is 366. The van der Waals surface area contributed by atoms with E-state index >= 15 is 0 Å². The number of amides is 1. The largest absolute Gasteiger partial charge is 0.352 e. The highest BCUT2D eigenvalue weighted by molar-refractivity contribution is 5.81. The third-order valence-electron chi connectivity index (χ3n) is 2.46. The Hall–Kier alpha value is -1.35. The smallest absolute Gasteiger partial charge is 0.225 e. The van der Waals surface area contributed by atoms with Gasteiger partial charge in [0.2, 0.25) is 5.91 Å². The lowest BCUT2D eigenvalue weighted by molar-refractivity contribution is -0.128. The van der Waals surface area contributed by atoms with Crippen molar-refractivity contribution in [3.63, 3.8) is 0 Å². The molecule has 1 amide bonds. The minimum Gasteiger partial charge on any atom is -0.352 e. The Morgan fingerprint density at radius 3 is 2.31 bits per heavy atom. The van der Waals surface area contributed by atoms with Gasteiger partial charge in [0.25, 0.3) is 0 Å². The predicted molar refractivity (Wildman–Crippen MR) is 65.6 cm³/mol. The molecule has 16 heavy (non-hydrogen) atoms. The third-order valence-corrected chi connectivity index (χ3v) is 2.46. The van der Waals surface area contributed by atoms with Crippen molar-refractivity contribution in [1.82, 2.24) is 5.32 Å². The van der Waals surface area contributed by atoms with E-state index in [0.717, 1.165) is 11.1 Å². The van der Waals surface area contributed by atoms with E-state index in [9.17, 15) is 4.79 Å². The van der Waals surface area contributed by atoms with Gasteiger partial charge in [-0.1, -0.05) is 45.0 Å². The first-order valence-electron chi connectivity index (χ1n) is 5.50. The first-order chi connectivity index (χ1) is 7.45. The van der Waals surface area contributed by atoms with Crippen molar-refractivity contribution in [1.29, 1.82) is 0 Å². The molecule has 0 spiro atoms. The molecule has 3 N–H and O–H groups in total. The van der Waals surface area contributed by atoms with Crippen molar-refractivity contribution in [2.75, 3.05) is 0 Å². The van der Waals surface area contributed by atoms with Gasteiger partial charge in [-0.15, -0.1) is 0 Å². The summed E-state index contributed by atoms with van der Waals surface area (Å²) >= 11 is 0. The highest BCUT2D eigenvalue weighted by atomic mass is 16.2. The molecule has 1 aromatic carbocycles. The average Bonchev–Trinajstić information content (AvgIpc) is 2.24. The number of nitrogens with two attached hydrogens (primary N) is 1. The van der Waals surface area contributed by atoms with Crippen molar-refractivity contribution >= 4 is 5.91 Å². The highest BCUT2D eigenvalue weighted by Crippen LogP contribution is 2.14. The molecule has 0 fully saturated rings. The Morgan fingerprint density at radius 1 is 1.25 bits per heavy atom. The van der Waals surface area contributed by atoms with Gasteiger partial charge in [0.05, 0.1) is 0 Å². The van der Waals surface area contributed by atoms with Crippen molar-refractivity contribution in [2.24, 2.45) is 11.1 Å². The van der Waals surface area contributed by atoms with Crippen LogP contribution in [0.25, 0.3) is 0 Å². The summed E-state index contributed by atoms with van der Waals surface area (Å²) in [5, 5.41) is 2.92. The first-order valence-corrected chi connectivity index (χ1v) is 5.50. The molecule has 0 aromatic heterocycles. The molecule has 1 rings (SSSR count). The summed E-state index contributed by atoms with van der Waals surface area (Å²) in [5.41, 5.74) is 7.45. The van der Waals surface area contributed by atoms with Gasteiger partial charge in [-0.2, -0.15) is 0 Å². The molecule has 1 aromatic rings. The second-order valence-electron chi connectivity index (χ2n) is 4.91. The Morgan fingerprint density at radius 2 is 1.81 bits per heavy atom. The Labute approximate surface area is 97.0 Å². The summed E-state index contributed by atoms with van der Waals surface area (Å²) < 4.78 is 0. The van der Waals surface area contributed by atoms with Gasteiger partial charge in [-0.3, -0.25) is 4.79 Å². The maximum absolute atomic E-state index is 11.7. The number of carbonyl (C=O) groups is 1. The molecule has 0 saturated carbocycles. The van der Waals surface area contributed by atoms with E-state index in [1.165, 1.54) is 0 Å². The summed E-state index contributed by atoms with van der Waals surface area (Å²) in [7, 11) is 0. The lowest BCUT2D eigenvalue weighted by atomic mass is 9.95. The summed E-state index contributed by atoms with van der Waals surface area (Å²) in [4.78, 5) is 11.7. The monoisotopic (exact) mass is 220 g/mol. The van der Waals surface area contributed by atoms with E-state index in [2.05, 4.69) is 5.32 Å². The highest BCUT2D eigenvalue weighted by Gasteiger charge is 2.20. The fourth-order valence-corrected chi connectivity index (χ4v) is 1.37. The molecular weight excluding hydrogens is 200 g/mol. The molecule has 0 saturated heterocycles. The predicted octanol–water partition coefficient (Wildman–Crippen LogP) is 1.81. The lowest BCUT2D eigenvalue weighted by Gasteiger charge is -2.18. The van der Waals surface area contributed by atoms with Gasteiger partial charge in [-0.05, 0) is 11.1 Å². The molecule has 0 radical (unpaired) electrons. The molecule has 3 nitrogen and oxygen atoms in total. The fourth-order valence-electron chi connectivity index (χ4n) is 1.37. The zero-order valence-corrected chi connectivity index (χ0v) is 10.2. The lowest BCUT2D eigenvalue weighted by Crippen LogP contribution is -2.34. The van der Waals surface area contributed by atoms with Crippen LogP contribution in [0.4, 0.5) is 0 Å². The molecule has 0 aliphatic rings. The average molecular weight is 220 g/mol. The molecular formula is C13H20N2O. The van der Waals surface area contributed by atoms with Gasteiger partial charge in [0, 0.05) is 18.5 Å². The molecule has 3 heteroatoms. The van der Waals surface area contributed by atoms with E-state index in [1.54, 1.807) is 0 Å². The van der Waals surface area contributed by atoms with Crippen molar-refractivity contribution < 1.29 is 4.79 Å². The zero-order chi connectivity index (χ0) is 12.2. The molecule has 0 unspecified atom stereocenters. The molecule has 0 atom stereocenters. The van der Waals surface area contributed by atoms with E-state index in [0.29, 0.717) is 13.1 Å². The van der Waals surface area contributed by atoms with E-state index in [-0.39, 0.29) is 11.3 Å². The maximum Gasteiger partial charge on any atom is 0.225 e. The second-order valence-corrected chi connectivity index (χ2v) is 4.91. The number of nitrogens with one attached hydrogen (secondary N) is 1. The zero-order valence-electron chi connectivity index (χ0n) is 10.2. The molecule has 0 bridgehead atoms. The number of hydrogen-bond acceptors (Lipinski definition) is 2. The van der Waals surface area contributed by atoms with Crippen molar-refractivity contribution in [2.45, 2.75) is 33.9 Å². The van der Waals surface area contributed by atoms with E-state index in [4.69, 9.17) is 5.73 Å². The van der Waals surface area contributed by atoms with Crippen LogP contribution in [0.1, 0.15) is 31.9 Å². The minimum absolute atomic E-state index is 0.0549. The van der Waals surface area contributed by atoms with Gasteiger partial charge >= 0.3 is 0 Å². The standard InChI is InChI=1S/C13H20N2O/c1-13(2,3)12(16)15-9-11-7-5-4-6-10(11)8-14/h4-7H,8-9,14H2,1-3H3,(H,15,16). The van der Waals surface area contributed by atoms with Crippen LogP contribution in [0, 0.1) is 5.41 Å². The number of rotatable bonds is 3. The van der Waals surface area contributed by atoms with Crippen LogP contribution in [0.5, 0.6) is 0 Å². The van der Waals surface area contributed by atoms with E-state index in [1.807, 2.05) is 45.0 Å². The van der Waals surface area contributed by atoms with Crippen LogP contribution < -0.4 is 11.1 Å². The maximum atomic E-state index is 11.7. The Balaban J connectivity index is 2.65. The SMILES string of the molecule is CC(C)(C)C(=O)NCc1ccccc1CN. The fraction of sp³-hybridized carbons (Fsp3) is 0.462. The summed E-state index contributed by atoms with van der Waals surface area (Å²) in [5.74, 6) is 0.0549. The second kappa shape index (κ2) is 5.12. The first kappa shape index (κ1) is 12.7. The summed E-state index contributed by atoms with van der Waals surface area (Å²) in [6, 6.07) is 7.89. The van der Waals surface area contributed by atoms with Gasteiger partial charge < -0.3 is 11.1 Å². The van der Waals surface area contributed by atoms with Crippen LogP contribution in [0.2, 0.25) is 0 Å². The molecule has 0 aliphatic heterocycles. The summed E-state index contributed by atoms with van der Waals surface area (Å²) in [6.45, 7) is 6.75. The minimum atomic E-state index is -0.350. The van der Waals surface area contributed by atoms with Crippen LogP contribution in [0.15, 0.2) is 24.3 Å². The third kappa shape index (κ3) is 3.35. The van der Waals surface area contributed by atoms with Crippen LogP contribution in [0.3, 0.4) is 0 Å². The molecule has 0 heterocycles. The normalized spacial score (nSPS) is 11.2. The molecule has 88 valence electrons. The van der Waals surface area contributed by atoms with Crippen LogP contribution in [-0.2, 0) is 17.9 Å². The quantitative estimate of drug-likeness (QED) is 0.816. The van der Waals surface area contributed by atoms with Gasteiger partial charge in [-0.25, -0.2) is 0 Å². The number of benzene rings is 1. The summed E-state index contributed by atoms with van der Waals surface area (Å²) in [6.07, 6.45) is 0. The van der Waals surface area contributed by atoms with Crippen molar-refractivity contribution in [3.05, 3.63) is 35.4 Å². The van der Waals surface area contributed by atoms with Crippen LogP contribution >= 0.6 is 0 Å². The van der Waals surface area contributed by atoms with Crippen molar-refractivity contribution in [3.8, 4) is 0 Å². The topological polar surface area (TPSA) is 55.1 Å². The van der Waals surface area contributed by atoms with Gasteiger partial charge in [0.1, 0.15) is 0 Å². The number of carbonyl (C=O) groups excluding carboxylic acids is 1.